The van der Waals surface area contributed by atoms with Gasteiger partial charge in [0.05, 0.1) is 12.1 Å². The molecule has 0 aliphatic rings. The average Bonchev–Trinajstić information content (AvgIpc) is 2.81. The fourth-order valence-electron chi connectivity index (χ4n) is 1.89. The van der Waals surface area contributed by atoms with E-state index >= 15 is 0 Å². The van der Waals surface area contributed by atoms with Crippen molar-refractivity contribution in [1.82, 2.24) is 4.98 Å². The summed E-state index contributed by atoms with van der Waals surface area (Å²) in [5.74, 6) is 1.20. The van der Waals surface area contributed by atoms with Crippen molar-refractivity contribution in [1.29, 1.82) is 0 Å². The van der Waals surface area contributed by atoms with Crippen LogP contribution in [0, 0.1) is 6.92 Å². The number of aryl methyl sites for hydroxylation is 1. The van der Waals surface area contributed by atoms with Gasteiger partial charge in [0.2, 0.25) is 0 Å². The standard InChI is InChI=1S/C16H20N2O3/c1-10-5-6-12(21-10)9-17-14-8-11(15(19)20)7-13(18-14)16(2,3)4/h5-8H,9H2,1-4H3,(H,17,18)(H,19,20). The SMILES string of the molecule is Cc1ccc(CNc2cc(C(=O)O)cc(C(C)(C)C)n2)o1. The lowest BCUT2D eigenvalue weighted by Gasteiger charge is -2.19. The Labute approximate surface area is 124 Å². The Bertz CT molecular complexity index is 654. The van der Waals surface area contributed by atoms with Crippen molar-refractivity contribution < 1.29 is 14.3 Å². The highest BCUT2D eigenvalue weighted by Crippen LogP contribution is 2.23. The van der Waals surface area contributed by atoms with Crippen molar-refractivity contribution in [3.63, 3.8) is 0 Å². The fraction of sp³-hybridized carbons (Fsp3) is 0.375. The molecule has 0 saturated heterocycles. The van der Waals surface area contributed by atoms with Crippen LogP contribution in [-0.4, -0.2) is 16.1 Å². The zero-order valence-electron chi connectivity index (χ0n) is 12.7. The minimum atomic E-state index is -0.959. The first kappa shape index (κ1) is 15.1. The van der Waals surface area contributed by atoms with Crippen LogP contribution in [0.1, 0.15) is 48.3 Å². The van der Waals surface area contributed by atoms with Crippen molar-refractivity contribution in [3.05, 3.63) is 47.0 Å². The molecular formula is C16H20N2O3. The van der Waals surface area contributed by atoms with E-state index in [2.05, 4.69) is 10.3 Å². The number of nitrogens with zero attached hydrogens (tertiary/aromatic N) is 1. The van der Waals surface area contributed by atoms with E-state index < -0.39 is 5.97 Å². The number of carbonyl (C=O) groups is 1. The lowest BCUT2D eigenvalue weighted by molar-refractivity contribution is 0.0696. The van der Waals surface area contributed by atoms with Gasteiger partial charge in [0.1, 0.15) is 17.3 Å². The van der Waals surface area contributed by atoms with E-state index in [9.17, 15) is 9.90 Å². The number of anilines is 1. The third-order valence-corrected chi connectivity index (χ3v) is 3.08. The molecule has 0 saturated carbocycles. The summed E-state index contributed by atoms with van der Waals surface area (Å²) in [6.07, 6.45) is 0. The molecule has 0 aromatic carbocycles. The molecule has 2 aromatic heterocycles. The van der Waals surface area contributed by atoms with Crippen molar-refractivity contribution in [3.8, 4) is 0 Å². The van der Waals surface area contributed by atoms with Crippen molar-refractivity contribution in [2.75, 3.05) is 5.32 Å². The Hall–Kier alpha value is -2.30. The molecule has 2 N–H and O–H groups in total. The average molecular weight is 288 g/mol. The van der Waals surface area contributed by atoms with Crippen LogP contribution in [0.25, 0.3) is 0 Å². The van der Waals surface area contributed by atoms with Gasteiger partial charge in [0.15, 0.2) is 0 Å². The molecule has 21 heavy (non-hydrogen) atoms. The van der Waals surface area contributed by atoms with E-state index in [1.165, 1.54) is 6.07 Å². The van der Waals surface area contributed by atoms with Crippen LogP contribution in [0.5, 0.6) is 0 Å². The van der Waals surface area contributed by atoms with E-state index in [0.717, 1.165) is 17.2 Å². The quantitative estimate of drug-likeness (QED) is 0.899. The number of aromatic nitrogens is 1. The number of hydrogen-bond acceptors (Lipinski definition) is 4. The van der Waals surface area contributed by atoms with Gasteiger partial charge in [-0.2, -0.15) is 0 Å². The number of aromatic carboxylic acids is 1. The van der Waals surface area contributed by atoms with Crippen LogP contribution in [0.4, 0.5) is 5.82 Å². The highest BCUT2D eigenvalue weighted by molar-refractivity contribution is 5.88. The summed E-state index contributed by atoms with van der Waals surface area (Å²) in [6.45, 7) is 8.35. The van der Waals surface area contributed by atoms with Crippen molar-refractivity contribution in [2.24, 2.45) is 0 Å². The van der Waals surface area contributed by atoms with Gasteiger partial charge in [-0.1, -0.05) is 20.8 Å². The molecule has 0 unspecified atom stereocenters. The summed E-state index contributed by atoms with van der Waals surface area (Å²) >= 11 is 0. The lowest BCUT2D eigenvalue weighted by Crippen LogP contribution is -2.16. The maximum absolute atomic E-state index is 11.2. The van der Waals surface area contributed by atoms with E-state index in [-0.39, 0.29) is 11.0 Å². The molecule has 0 fully saturated rings. The van der Waals surface area contributed by atoms with Crippen LogP contribution >= 0.6 is 0 Å². The fourth-order valence-corrected chi connectivity index (χ4v) is 1.89. The Kier molecular flexibility index (Phi) is 4.02. The van der Waals surface area contributed by atoms with Gasteiger partial charge in [-0.3, -0.25) is 0 Å². The molecule has 2 heterocycles. The number of furan rings is 1. The predicted octanol–water partition coefficient (Wildman–Crippen LogP) is 3.59. The minimum Gasteiger partial charge on any atom is -0.478 e. The highest BCUT2D eigenvalue weighted by Gasteiger charge is 2.19. The maximum Gasteiger partial charge on any atom is 0.335 e. The molecule has 5 heteroatoms. The van der Waals surface area contributed by atoms with Crippen LogP contribution in [-0.2, 0) is 12.0 Å². The zero-order chi connectivity index (χ0) is 15.6. The van der Waals surface area contributed by atoms with Crippen LogP contribution < -0.4 is 5.32 Å². The Morgan fingerprint density at radius 1 is 1.33 bits per heavy atom. The molecule has 5 nitrogen and oxygen atoms in total. The summed E-state index contributed by atoms with van der Waals surface area (Å²) in [5, 5.41) is 12.3. The second-order valence-corrected chi connectivity index (χ2v) is 6.05. The largest absolute Gasteiger partial charge is 0.478 e. The predicted molar refractivity (Wildman–Crippen MR) is 80.7 cm³/mol. The Balaban J connectivity index is 2.25. The van der Waals surface area contributed by atoms with Crippen LogP contribution in [0.15, 0.2) is 28.7 Å². The molecule has 0 amide bonds. The number of hydrogen-bond donors (Lipinski definition) is 2. The molecule has 0 aliphatic heterocycles. The van der Waals surface area contributed by atoms with E-state index in [4.69, 9.17) is 4.42 Å². The normalized spacial score (nSPS) is 11.4. The minimum absolute atomic E-state index is 0.219. The summed E-state index contributed by atoms with van der Waals surface area (Å²) in [7, 11) is 0. The summed E-state index contributed by atoms with van der Waals surface area (Å²) in [6, 6.07) is 6.92. The smallest absolute Gasteiger partial charge is 0.335 e. The van der Waals surface area contributed by atoms with Crippen LogP contribution in [0.2, 0.25) is 0 Å². The third kappa shape index (κ3) is 3.84. The Morgan fingerprint density at radius 3 is 2.57 bits per heavy atom. The first-order valence-electron chi connectivity index (χ1n) is 6.81. The Morgan fingerprint density at radius 2 is 2.05 bits per heavy atom. The first-order chi connectivity index (χ1) is 9.75. The number of carboxylic acids is 1. The molecule has 0 atom stereocenters. The van der Waals surface area contributed by atoms with Gasteiger partial charge >= 0.3 is 5.97 Å². The molecular weight excluding hydrogens is 268 g/mol. The molecule has 2 rings (SSSR count). The second-order valence-electron chi connectivity index (χ2n) is 6.05. The number of nitrogens with one attached hydrogen (secondary N) is 1. The van der Waals surface area contributed by atoms with Crippen molar-refractivity contribution >= 4 is 11.8 Å². The summed E-state index contributed by atoms with van der Waals surface area (Å²) in [4.78, 5) is 15.7. The molecule has 0 spiro atoms. The molecule has 112 valence electrons. The highest BCUT2D eigenvalue weighted by atomic mass is 16.4. The van der Waals surface area contributed by atoms with E-state index in [1.807, 2.05) is 39.8 Å². The second kappa shape index (κ2) is 5.60. The topological polar surface area (TPSA) is 75.4 Å². The molecule has 0 aliphatic carbocycles. The lowest BCUT2D eigenvalue weighted by atomic mass is 9.91. The maximum atomic E-state index is 11.2. The van der Waals surface area contributed by atoms with Gasteiger partial charge in [-0.05, 0) is 31.2 Å². The van der Waals surface area contributed by atoms with Gasteiger partial charge in [-0.15, -0.1) is 0 Å². The van der Waals surface area contributed by atoms with E-state index in [0.29, 0.717) is 12.4 Å². The number of rotatable bonds is 4. The van der Waals surface area contributed by atoms with Crippen molar-refractivity contribution in [2.45, 2.75) is 39.7 Å². The van der Waals surface area contributed by atoms with Gasteiger partial charge in [0, 0.05) is 11.1 Å². The van der Waals surface area contributed by atoms with Gasteiger partial charge < -0.3 is 14.8 Å². The van der Waals surface area contributed by atoms with E-state index in [1.54, 1.807) is 6.07 Å². The van der Waals surface area contributed by atoms with Gasteiger partial charge in [0.25, 0.3) is 0 Å². The molecule has 0 bridgehead atoms. The van der Waals surface area contributed by atoms with Crippen LogP contribution in [0.3, 0.4) is 0 Å². The van der Waals surface area contributed by atoms with Gasteiger partial charge in [-0.25, -0.2) is 9.78 Å². The summed E-state index contributed by atoms with van der Waals surface area (Å²) in [5.41, 5.74) is 0.747. The summed E-state index contributed by atoms with van der Waals surface area (Å²) < 4.78 is 5.47. The first-order valence-corrected chi connectivity index (χ1v) is 6.81. The number of pyridine rings is 1. The zero-order valence-corrected chi connectivity index (χ0v) is 12.7. The number of carboxylic acid groups (broad SMARTS) is 1. The molecule has 2 aromatic rings. The third-order valence-electron chi connectivity index (χ3n) is 3.08. The monoisotopic (exact) mass is 288 g/mol. The molecule has 0 radical (unpaired) electrons.